The highest BCUT2D eigenvalue weighted by atomic mass is 19.4. The third-order valence-electron chi connectivity index (χ3n) is 6.51. The van der Waals surface area contributed by atoms with Crippen molar-refractivity contribution in [3.05, 3.63) is 53.5 Å². The fraction of sp³-hybridized carbons (Fsp3) is 0.480. The zero-order valence-corrected chi connectivity index (χ0v) is 19.9. The molecule has 0 unspecified atom stereocenters. The third-order valence-corrected chi connectivity index (χ3v) is 6.51. The van der Waals surface area contributed by atoms with Crippen LogP contribution in [0, 0.1) is 12.5 Å². The number of alkyl halides is 3. The molecule has 0 atom stereocenters. The minimum atomic E-state index is -4.59. The molecule has 2 aromatic rings. The van der Waals surface area contributed by atoms with E-state index in [1.807, 2.05) is 4.90 Å². The van der Waals surface area contributed by atoms with Gasteiger partial charge in [-0.15, -0.1) is 0 Å². The predicted octanol–water partition coefficient (Wildman–Crippen LogP) is 3.79. The number of carbonyl (C=O) groups is 1. The van der Waals surface area contributed by atoms with Gasteiger partial charge in [-0.3, -0.25) is 9.69 Å². The number of rotatable bonds is 7. The number of halogens is 3. The Kier molecular flexibility index (Phi) is 8.28. The number of piperazine rings is 1. The molecule has 0 saturated carbocycles. The van der Waals surface area contributed by atoms with Crippen LogP contribution in [-0.4, -0.2) is 68.2 Å². The van der Waals surface area contributed by atoms with E-state index in [0.717, 1.165) is 38.8 Å². The number of hydrogen-bond donors (Lipinski definition) is 2. The number of piperidine rings is 1. The van der Waals surface area contributed by atoms with E-state index in [1.165, 1.54) is 12.1 Å². The number of nitrogens with zero attached hydrogens (tertiary/aromatic N) is 4. The molecule has 36 heavy (non-hydrogen) atoms. The number of amides is 1. The molecule has 4 rings (SSSR count). The molecule has 0 aliphatic carbocycles. The van der Waals surface area contributed by atoms with E-state index in [4.69, 9.17) is 11.3 Å². The molecule has 2 saturated heterocycles. The summed E-state index contributed by atoms with van der Waals surface area (Å²) in [4.78, 5) is 24.1. The third kappa shape index (κ3) is 6.65. The number of pyridine rings is 1. The quantitative estimate of drug-likeness (QED) is 0.562. The van der Waals surface area contributed by atoms with Crippen LogP contribution in [0.1, 0.15) is 18.4 Å². The first kappa shape index (κ1) is 25.7. The molecule has 0 bridgehead atoms. The highest BCUT2D eigenvalue weighted by Gasteiger charge is 2.34. The molecular weight excluding hydrogens is 473 g/mol. The van der Waals surface area contributed by atoms with Crippen molar-refractivity contribution in [2.24, 2.45) is 5.92 Å². The molecule has 0 radical (unpaired) electrons. The fourth-order valence-electron chi connectivity index (χ4n) is 4.44. The predicted molar refractivity (Wildman–Crippen MR) is 130 cm³/mol. The molecular formula is C25H29F3N6O2. The summed E-state index contributed by atoms with van der Waals surface area (Å²) in [5, 5.41) is 6.14. The second-order valence-electron chi connectivity index (χ2n) is 8.88. The number of carbonyl (C=O) groups excluding carboxylic acids is 1. The minimum Gasteiger partial charge on any atom is -0.491 e. The summed E-state index contributed by atoms with van der Waals surface area (Å²) in [7, 11) is 0. The smallest absolute Gasteiger partial charge is 0.407 e. The highest BCUT2D eigenvalue weighted by Crippen LogP contribution is 2.39. The summed E-state index contributed by atoms with van der Waals surface area (Å²) in [5.74, 6) is 0.650. The molecule has 2 N–H and O–H groups in total. The molecule has 2 fully saturated rings. The normalized spacial score (nSPS) is 17.4. The van der Waals surface area contributed by atoms with E-state index in [-0.39, 0.29) is 11.8 Å². The van der Waals surface area contributed by atoms with Gasteiger partial charge in [-0.1, -0.05) is 6.07 Å². The number of anilines is 2. The fourth-order valence-corrected chi connectivity index (χ4v) is 4.44. The van der Waals surface area contributed by atoms with Crippen molar-refractivity contribution in [3.8, 4) is 5.75 Å². The Balaban J connectivity index is 1.24. The van der Waals surface area contributed by atoms with Gasteiger partial charge in [-0.2, -0.15) is 13.2 Å². The second-order valence-corrected chi connectivity index (χ2v) is 8.88. The van der Waals surface area contributed by atoms with Gasteiger partial charge in [-0.25, -0.2) is 9.83 Å². The van der Waals surface area contributed by atoms with E-state index < -0.39 is 17.4 Å². The van der Waals surface area contributed by atoms with Crippen LogP contribution < -0.4 is 20.3 Å². The minimum absolute atomic E-state index is 0.158. The van der Waals surface area contributed by atoms with Crippen LogP contribution in [-0.2, 0) is 11.0 Å². The van der Waals surface area contributed by atoms with Crippen molar-refractivity contribution in [2.75, 3.05) is 62.6 Å². The molecule has 11 heteroatoms. The van der Waals surface area contributed by atoms with Gasteiger partial charge >= 0.3 is 6.18 Å². The first-order valence-electron chi connectivity index (χ1n) is 12.0. The lowest BCUT2D eigenvalue weighted by molar-refractivity contribution is -0.136. The van der Waals surface area contributed by atoms with E-state index in [2.05, 4.69) is 25.4 Å². The van der Waals surface area contributed by atoms with Crippen molar-refractivity contribution in [1.82, 2.24) is 15.2 Å². The molecule has 1 amide bonds. The van der Waals surface area contributed by atoms with Crippen LogP contribution in [0.4, 0.5) is 30.4 Å². The van der Waals surface area contributed by atoms with Crippen LogP contribution >= 0.6 is 0 Å². The lowest BCUT2D eigenvalue weighted by atomic mass is 9.95. The van der Waals surface area contributed by atoms with E-state index in [1.54, 1.807) is 18.3 Å². The zero-order chi connectivity index (χ0) is 25.5. The Hall–Kier alpha value is -3.36. The number of ether oxygens (including phenoxy) is 1. The second kappa shape index (κ2) is 11.6. The van der Waals surface area contributed by atoms with Crippen molar-refractivity contribution in [1.29, 1.82) is 0 Å². The van der Waals surface area contributed by atoms with Gasteiger partial charge in [0.1, 0.15) is 18.2 Å². The summed E-state index contributed by atoms with van der Waals surface area (Å²) in [5.41, 5.74) is -0.941. The van der Waals surface area contributed by atoms with Gasteiger partial charge in [-0.05, 0) is 37.1 Å². The van der Waals surface area contributed by atoms with Gasteiger partial charge in [0, 0.05) is 57.4 Å². The monoisotopic (exact) mass is 502 g/mol. The van der Waals surface area contributed by atoms with Crippen molar-refractivity contribution in [3.63, 3.8) is 0 Å². The SMILES string of the molecule is [C-]#[N+]c1ccc(N2CCC(C(=O)Nc3ccc(OCCN4CCNCC4)cn3)CC2)cc1C(F)(F)F. The summed E-state index contributed by atoms with van der Waals surface area (Å²) in [6.45, 7) is 13.3. The number of nitrogens with one attached hydrogen (secondary N) is 2. The average molecular weight is 503 g/mol. The van der Waals surface area contributed by atoms with E-state index in [0.29, 0.717) is 49.8 Å². The zero-order valence-electron chi connectivity index (χ0n) is 19.9. The van der Waals surface area contributed by atoms with Crippen molar-refractivity contribution >= 4 is 23.1 Å². The lowest BCUT2D eigenvalue weighted by Gasteiger charge is -2.33. The number of aromatic nitrogens is 1. The standard InChI is InChI=1S/C25H29F3N6O2/c1-29-22-4-2-19(16-21(22)25(26,27)28)34-10-6-18(7-11-34)24(35)32-23-5-3-20(17-31-23)36-15-14-33-12-8-30-9-13-33/h2-5,16-18,30H,6-15H2,(H,31,32,35). The van der Waals surface area contributed by atoms with Crippen LogP contribution in [0.2, 0.25) is 0 Å². The largest absolute Gasteiger partial charge is 0.491 e. The van der Waals surface area contributed by atoms with Gasteiger partial charge in [0.2, 0.25) is 5.91 Å². The molecule has 3 heterocycles. The molecule has 1 aromatic carbocycles. The Labute approximate surface area is 208 Å². The Morgan fingerprint density at radius 1 is 1.17 bits per heavy atom. The average Bonchev–Trinajstić information content (AvgIpc) is 2.89. The maximum Gasteiger partial charge on any atom is 0.407 e. The van der Waals surface area contributed by atoms with Gasteiger partial charge in [0.05, 0.1) is 18.3 Å². The first-order valence-corrected chi connectivity index (χ1v) is 12.0. The first-order chi connectivity index (χ1) is 17.3. The van der Waals surface area contributed by atoms with Crippen LogP contribution in [0.3, 0.4) is 0 Å². The van der Waals surface area contributed by atoms with Crippen LogP contribution in [0.5, 0.6) is 5.75 Å². The van der Waals surface area contributed by atoms with Crippen molar-refractivity contribution < 1.29 is 22.7 Å². The van der Waals surface area contributed by atoms with Crippen molar-refractivity contribution in [2.45, 2.75) is 19.0 Å². The molecule has 2 aliphatic rings. The summed E-state index contributed by atoms with van der Waals surface area (Å²) >= 11 is 0. The summed E-state index contributed by atoms with van der Waals surface area (Å²) in [6, 6.07) is 7.22. The maximum atomic E-state index is 13.3. The van der Waals surface area contributed by atoms with Crippen LogP contribution in [0.25, 0.3) is 4.85 Å². The molecule has 192 valence electrons. The molecule has 2 aliphatic heterocycles. The highest BCUT2D eigenvalue weighted by molar-refractivity contribution is 5.91. The van der Waals surface area contributed by atoms with Crippen LogP contribution in [0.15, 0.2) is 36.5 Å². The number of benzene rings is 1. The topological polar surface area (TPSA) is 74.1 Å². The number of hydrogen-bond acceptors (Lipinski definition) is 6. The molecule has 0 spiro atoms. The Bertz CT molecular complexity index is 1070. The molecule has 1 aromatic heterocycles. The lowest BCUT2D eigenvalue weighted by Crippen LogP contribution is -2.44. The molecule has 8 nitrogen and oxygen atoms in total. The maximum absolute atomic E-state index is 13.3. The van der Waals surface area contributed by atoms with E-state index in [9.17, 15) is 18.0 Å². The van der Waals surface area contributed by atoms with Gasteiger partial charge in [0.25, 0.3) is 0 Å². The summed E-state index contributed by atoms with van der Waals surface area (Å²) in [6.07, 6.45) is -2.00. The summed E-state index contributed by atoms with van der Waals surface area (Å²) < 4.78 is 45.6. The van der Waals surface area contributed by atoms with Gasteiger partial charge in [0.15, 0.2) is 5.69 Å². The van der Waals surface area contributed by atoms with E-state index >= 15 is 0 Å². The van der Waals surface area contributed by atoms with Gasteiger partial charge < -0.3 is 20.3 Å². The Morgan fingerprint density at radius 2 is 1.92 bits per heavy atom. The Morgan fingerprint density at radius 3 is 2.56 bits per heavy atom.